The van der Waals surface area contributed by atoms with Gasteiger partial charge in [0.1, 0.15) is 0 Å². The average molecular weight is 225 g/mol. The Kier molecular flexibility index (Phi) is 4.45. The smallest absolute Gasteiger partial charge is 0.00979 e. The van der Waals surface area contributed by atoms with E-state index in [9.17, 15) is 0 Å². The molecule has 1 saturated heterocycles. The highest BCUT2D eigenvalue weighted by Gasteiger charge is 2.47. The zero-order valence-electron chi connectivity index (χ0n) is 12.2. The van der Waals surface area contributed by atoms with Gasteiger partial charge in [0.05, 0.1) is 0 Å². The molecule has 0 amide bonds. The first kappa shape index (κ1) is 14.0. The van der Waals surface area contributed by atoms with Crippen LogP contribution in [0.15, 0.2) is 0 Å². The van der Waals surface area contributed by atoms with Crippen molar-refractivity contribution in [1.29, 1.82) is 0 Å². The molecule has 0 bridgehead atoms. The molecule has 3 atom stereocenters. The molecule has 0 spiro atoms. The maximum atomic E-state index is 3.71. The molecular formula is C15H31N. The Balaban J connectivity index is 3.02. The van der Waals surface area contributed by atoms with Crippen LogP contribution in [0.25, 0.3) is 0 Å². The van der Waals surface area contributed by atoms with Crippen molar-refractivity contribution in [3.05, 3.63) is 0 Å². The molecule has 0 aromatic rings. The summed E-state index contributed by atoms with van der Waals surface area (Å²) in [5.41, 5.74) is 0.965. The number of piperidine rings is 1. The Bertz CT molecular complexity index is 216. The number of rotatable bonds is 3. The average Bonchev–Trinajstić information content (AvgIpc) is 2.19. The molecular weight excluding hydrogens is 194 g/mol. The molecule has 1 N–H and O–H groups in total. The highest BCUT2D eigenvalue weighted by molar-refractivity contribution is 5.00. The fourth-order valence-electron chi connectivity index (χ4n) is 4.12. The largest absolute Gasteiger partial charge is 0.314 e. The first-order valence-electron chi connectivity index (χ1n) is 7.12. The van der Waals surface area contributed by atoms with Crippen LogP contribution < -0.4 is 5.32 Å². The quantitative estimate of drug-likeness (QED) is 0.758. The van der Waals surface area contributed by atoms with Gasteiger partial charge in [-0.3, -0.25) is 0 Å². The van der Waals surface area contributed by atoms with Crippen molar-refractivity contribution in [3.8, 4) is 0 Å². The standard InChI is InChI=1S/C15H31N/c1-7-10-15(8-2)12(3)16-11-9-13(15)14(4,5)6/h12-13,16H,7-11H2,1-6H3. The monoisotopic (exact) mass is 225 g/mol. The fraction of sp³-hybridized carbons (Fsp3) is 1.00. The molecule has 0 saturated carbocycles. The van der Waals surface area contributed by atoms with Gasteiger partial charge in [0.15, 0.2) is 0 Å². The predicted octanol–water partition coefficient (Wildman–Crippen LogP) is 4.23. The molecule has 1 heteroatoms. The molecule has 1 aliphatic rings. The van der Waals surface area contributed by atoms with Gasteiger partial charge in [0.25, 0.3) is 0 Å². The van der Waals surface area contributed by atoms with E-state index < -0.39 is 0 Å². The van der Waals surface area contributed by atoms with Gasteiger partial charge in [0.2, 0.25) is 0 Å². The molecule has 1 fully saturated rings. The molecule has 3 unspecified atom stereocenters. The second kappa shape index (κ2) is 5.08. The molecule has 96 valence electrons. The topological polar surface area (TPSA) is 12.0 Å². The van der Waals surface area contributed by atoms with E-state index in [1.54, 1.807) is 0 Å². The number of hydrogen-bond acceptors (Lipinski definition) is 1. The van der Waals surface area contributed by atoms with E-state index in [2.05, 4.69) is 46.9 Å². The Hall–Kier alpha value is -0.0400. The van der Waals surface area contributed by atoms with Crippen LogP contribution in [0.2, 0.25) is 0 Å². The highest BCUT2D eigenvalue weighted by Crippen LogP contribution is 2.51. The molecule has 1 nitrogen and oxygen atoms in total. The van der Waals surface area contributed by atoms with Crippen LogP contribution in [-0.4, -0.2) is 12.6 Å². The first-order chi connectivity index (χ1) is 7.38. The fourth-order valence-corrected chi connectivity index (χ4v) is 4.12. The minimum atomic E-state index is 0.446. The minimum Gasteiger partial charge on any atom is -0.314 e. The lowest BCUT2D eigenvalue weighted by atomic mass is 9.55. The Labute approximate surface area is 102 Å². The third-order valence-electron chi connectivity index (χ3n) is 4.86. The number of nitrogens with one attached hydrogen (secondary N) is 1. The summed E-state index contributed by atoms with van der Waals surface area (Å²) in [6, 6.07) is 0.676. The summed E-state index contributed by atoms with van der Waals surface area (Å²) >= 11 is 0. The Morgan fingerprint density at radius 3 is 2.31 bits per heavy atom. The minimum absolute atomic E-state index is 0.446. The highest BCUT2D eigenvalue weighted by atomic mass is 14.9. The molecule has 1 aliphatic heterocycles. The number of hydrogen-bond donors (Lipinski definition) is 1. The van der Waals surface area contributed by atoms with Crippen molar-refractivity contribution in [3.63, 3.8) is 0 Å². The van der Waals surface area contributed by atoms with Gasteiger partial charge in [0, 0.05) is 6.04 Å². The molecule has 16 heavy (non-hydrogen) atoms. The van der Waals surface area contributed by atoms with Crippen molar-refractivity contribution < 1.29 is 0 Å². The van der Waals surface area contributed by atoms with Gasteiger partial charge in [-0.05, 0) is 49.5 Å². The van der Waals surface area contributed by atoms with Gasteiger partial charge in [-0.1, -0.05) is 41.0 Å². The van der Waals surface area contributed by atoms with Crippen molar-refractivity contribution in [2.24, 2.45) is 16.7 Å². The van der Waals surface area contributed by atoms with Gasteiger partial charge in [-0.2, -0.15) is 0 Å². The maximum Gasteiger partial charge on any atom is 0.00979 e. The summed E-state index contributed by atoms with van der Waals surface area (Å²) in [6.45, 7) is 15.6. The van der Waals surface area contributed by atoms with Crippen LogP contribution in [0, 0.1) is 16.7 Å². The SMILES string of the molecule is CCCC1(CC)C(C)NCCC1C(C)(C)C. The van der Waals surface area contributed by atoms with Gasteiger partial charge >= 0.3 is 0 Å². The van der Waals surface area contributed by atoms with E-state index in [-0.39, 0.29) is 0 Å². The lowest BCUT2D eigenvalue weighted by molar-refractivity contribution is -0.0192. The zero-order valence-corrected chi connectivity index (χ0v) is 12.2. The summed E-state index contributed by atoms with van der Waals surface area (Å²) < 4.78 is 0. The van der Waals surface area contributed by atoms with Crippen molar-refractivity contribution >= 4 is 0 Å². The van der Waals surface area contributed by atoms with Gasteiger partial charge in [-0.15, -0.1) is 0 Å². The summed E-state index contributed by atoms with van der Waals surface area (Å²) in [5.74, 6) is 0.862. The van der Waals surface area contributed by atoms with Crippen LogP contribution in [0.3, 0.4) is 0 Å². The van der Waals surface area contributed by atoms with Gasteiger partial charge in [-0.25, -0.2) is 0 Å². The van der Waals surface area contributed by atoms with Crippen LogP contribution in [0.5, 0.6) is 0 Å². The lowest BCUT2D eigenvalue weighted by Gasteiger charge is -2.54. The van der Waals surface area contributed by atoms with E-state index in [4.69, 9.17) is 0 Å². The predicted molar refractivity (Wildman–Crippen MR) is 72.7 cm³/mol. The normalized spacial score (nSPS) is 36.4. The zero-order chi connectivity index (χ0) is 12.4. The van der Waals surface area contributed by atoms with E-state index >= 15 is 0 Å². The molecule has 0 aromatic heterocycles. The first-order valence-corrected chi connectivity index (χ1v) is 7.12. The second-order valence-electron chi connectivity index (χ2n) is 6.72. The maximum absolute atomic E-state index is 3.71. The second-order valence-corrected chi connectivity index (χ2v) is 6.72. The third kappa shape index (κ3) is 2.45. The van der Waals surface area contributed by atoms with Crippen molar-refractivity contribution in [2.75, 3.05) is 6.54 Å². The lowest BCUT2D eigenvalue weighted by Crippen LogP contribution is -2.56. The molecule has 0 radical (unpaired) electrons. The third-order valence-corrected chi connectivity index (χ3v) is 4.86. The Morgan fingerprint density at radius 2 is 1.88 bits per heavy atom. The summed E-state index contributed by atoms with van der Waals surface area (Å²) in [4.78, 5) is 0. The summed E-state index contributed by atoms with van der Waals surface area (Å²) in [7, 11) is 0. The summed E-state index contributed by atoms with van der Waals surface area (Å²) in [5, 5.41) is 3.71. The molecule has 1 heterocycles. The molecule has 0 aliphatic carbocycles. The van der Waals surface area contributed by atoms with Crippen LogP contribution >= 0.6 is 0 Å². The van der Waals surface area contributed by atoms with Crippen molar-refractivity contribution in [2.45, 2.75) is 73.3 Å². The van der Waals surface area contributed by atoms with E-state index in [1.807, 2.05) is 0 Å². The van der Waals surface area contributed by atoms with E-state index in [1.165, 1.54) is 32.2 Å². The van der Waals surface area contributed by atoms with Gasteiger partial charge < -0.3 is 5.32 Å². The van der Waals surface area contributed by atoms with E-state index in [0.29, 0.717) is 16.9 Å². The molecule has 1 rings (SSSR count). The van der Waals surface area contributed by atoms with Crippen LogP contribution in [0.4, 0.5) is 0 Å². The van der Waals surface area contributed by atoms with E-state index in [0.717, 1.165) is 5.92 Å². The molecule has 0 aromatic carbocycles. The summed E-state index contributed by atoms with van der Waals surface area (Å²) in [6.07, 6.45) is 5.35. The van der Waals surface area contributed by atoms with Crippen LogP contribution in [-0.2, 0) is 0 Å². The Morgan fingerprint density at radius 1 is 1.25 bits per heavy atom. The van der Waals surface area contributed by atoms with Crippen LogP contribution in [0.1, 0.15) is 67.2 Å². The van der Waals surface area contributed by atoms with Crippen molar-refractivity contribution in [1.82, 2.24) is 5.32 Å².